The van der Waals surface area contributed by atoms with E-state index in [9.17, 15) is 0 Å². The Hall–Kier alpha value is -0.470. The van der Waals surface area contributed by atoms with Gasteiger partial charge in [0.15, 0.2) is 0 Å². The Morgan fingerprint density at radius 3 is 2.85 bits per heavy atom. The molecule has 0 saturated heterocycles. The van der Waals surface area contributed by atoms with Crippen LogP contribution in [0.25, 0.3) is 6.08 Å². The first-order valence-electron chi connectivity index (χ1n) is 3.84. The maximum absolute atomic E-state index is 5.94. The van der Waals surface area contributed by atoms with Crippen LogP contribution in [0.1, 0.15) is 5.56 Å². The Morgan fingerprint density at radius 1 is 1.54 bits per heavy atom. The maximum atomic E-state index is 5.94. The highest BCUT2D eigenvalue weighted by Gasteiger charge is 1.98. The van der Waals surface area contributed by atoms with Crippen LogP contribution in [-0.2, 0) is 0 Å². The van der Waals surface area contributed by atoms with Gasteiger partial charge in [-0.2, -0.15) is 0 Å². The van der Waals surface area contributed by atoms with Crippen molar-refractivity contribution in [2.45, 2.75) is 0 Å². The molecular formula is C10H10BrClO. The van der Waals surface area contributed by atoms with Crippen molar-refractivity contribution in [3.8, 4) is 5.75 Å². The van der Waals surface area contributed by atoms with E-state index in [2.05, 4.69) is 15.9 Å². The highest BCUT2D eigenvalue weighted by molar-refractivity contribution is 9.09. The lowest BCUT2D eigenvalue weighted by molar-refractivity contribution is 0.415. The number of rotatable bonds is 3. The van der Waals surface area contributed by atoms with E-state index in [1.165, 1.54) is 0 Å². The molecule has 0 aliphatic heterocycles. The van der Waals surface area contributed by atoms with Gasteiger partial charge in [0.2, 0.25) is 0 Å². The third kappa shape index (κ3) is 3.05. The average molecular weight is 262 g/mol. The zero-order chi connectivity index (χ0) is 9.68. The summed E-state index contributed by atoms with van der Waals surface area (Å²) in [5, 5.41) is 1.48. The fraction of sp³-hybridized carbons (Fsp3) is 0.200. The fourth-order valence-corrected chi connectivity index (χ4v) is 1.42. The summed E-state index contributed by atoms with van der Waals surface area (Å²) >= 11 is 9.25. The van der Waals surface area contributed by atoms with E-state index in [1.54, 1.807) is 7.11 Å². The molecule has 0 aliphatic rings. The lowest BCUT2D eigenvalue weighted by atomic mass is 10.2. The van der Waals surface area contributed by atoms with Gasteiger partial charge in [-0.25, -0.2) is 0 Å². The molecule has 1 rings (SSSR count). The van der Waals surface area contributed by atoms with Crippen LogP contribution in [0, 0.1) is 0 Å². The summed E-state index contributed by atoms with van der Waals surface area (Å²) in [6.07, 6.45) is 4.01. The molecule has 0 unspecified atom stereocenters. The first-order valence-corrected chi connectivity index (χ1v) is 5.34. The van der Waals surface area contributed by atoms with Gasteiger partial charge < -0.3 is 4.74 Å². The second-order valence-corrected chi connectivity index (χ2v) is 3.51. The molecule has 0 atom stereocenters. The first kappa shape index (κ1) is 10.6. The van der Waals surface area contributed by atoms with Crippen molar-refractivity contribution >= 4 is 33.6 Å². The summed E-state index contributed by atoms with van der Waals surface area (Å²) in [7, 11) is 1.61. The standard InChI is InChI=1S/C10H10BrClO/c1-13-10-5-4-8(3-2-6-11)7-9(10)12/h2-5,7H,6H2,1H3. The number of hydrogen-bond acceptors (Lipinski definition) is 1. The zero-order valence-electron chi connectivity index (χ0n) is 7.26. The van der Waals surface area contributed by atoms with E-state index in [0.29, 0.717) is 10.8 Å². The number of alkyl halides is 1. The third-order valence-corrected chi connectivity index (χ3v) is 2.24. The molecule has 0 amide bonds. The second kappa shape index (κ2) is 5.30. The normalized spacial score (nSPS) is 10.7. The number of benzene rings is 1. The Kier molecular flexibility index (Phi) is 4.33. The summed E-state index contributed by atoms with van der Waals surface area (Å²) in [5.74, 6) is 0.706. The van der Waals surface area contributed by atoms with Gasteiger partial charge in [-0.1, -0.05) is 45.7 Å². The molecule has 0 saturated carbocycles. The van der Waals surface area contributed by atoms with Crippen LogP contribution in [0.2, 0.25) is 5.02 Å². The second-order valence-electron chi connectivity index (χ2n) is 2.45. The van der Waals surface area contributed by atoms with Crippen LogP contribution in [0.3, 0.4) is 0 Å². The van der Waals surface area contributed by atoms with Crippen molar-refractivity contribution in [2.75, 3.05) is 12.4 Å². The van der Waals surface area contributed by atoms with E-state index in [-0.39, 0.29) is 0 Å². The lowest BCUT2D eigenvalue weighted by Crippen LogP contribution is -1.83. The van der Waals surface area contributed by atoms with E-state index < -0.39 is 0 Å². The van der Waals surface area contributed by atoms with Crippen molar-refractivity contribution in [1.82, 2.24) is 0 Å². The lowest BCUT2D eigenvalue weighted by Gasteiger charge is -2.02. The number of methoxy groups -OCH3 is 1. The van der Waals surface area contributed by atoms with E-state index in [1.807, 2.05) is 30.4 Å². The predicted molar refractivity (Wildman–Crippen MR) is 60.8 cm³/mol. The topological polar surface area (TPSA) is 9.23 Å². The van der Waals surface area contributed by atoms with Gasteiger partial charge in [-0.3, -0.25) is 0 Å². The van der Waals surface area contributed by atoms with Gasteiger partial charge in [-0.15, -0.1) is 0 Å². The first-order chi connectivity index (χ1) is 6.27. The van der Waals surface area contributed by atoms with Gasteiger partial charge in [0, 0.05) is 5.33 Å². The molecular weight excluding hydrogens is 251 g/mol. The van der Waals surface area contributed by atoms with Gasteiger partial charge >= 0.3 is 0 Å². The molecule has 0 spiro atoms. The summed E-state index contributed by atoms with van der Waals surface area (Å²) in [4.78, 5) is 0. The summed E-state index contributed by atoms with van der Waals surface area (Å²) in [6, 6.07) is 5.69. The molecule has 70 valence electrons. The van der Waals surface area contributed by atoms with Crippen molar-refractivity contribution < 1.29 is 4.74 Å². The molecule has 0 heterocycles. The molecule has 0 N–H and O–H groups in total. The number of ether oxygens (including phenoxy) is 1. The van der Waals surface area contributed by atoms with E-state index in [0.717, 1.165) is 10.9 Å². The van der Waals surface area contributed by atoms with Crippen LogP contribution < -0.4 is 4.74 Å². The highest BCUT2D eigenvalue weighted by Crippen LogP contribution is 2.25. The van der Waals surface area contributed by atoms with Crippen LogP contribution >= 0.6 is 27.5 Å². The monoisotopic (exact) mass is 260 g/mol. The van der Waals surface area contributed by atoms with Gasteiger partial charge in [0.1, 0.15) is 5.75 Å². The number of halogens is 2. The maximum Gasteiger partial charge on any atom is 0.137 e. The SMILES string of the molecule is COc1ccc(C=CCBr)cc1Cl. The molecule has 0 aliphatic carbocycles. The average Bonchev–Trinajstić information content (AvgIpc) is 2.15. The minimum atomic E-state index is 0.638. The highest BCUT2D eigenvalue weighted by atomic mass is 79.9. The molecule has 1 aromatic rings. The molecule has 1 nitrogen and oxygen atoms in total. The molecule has 0 radical (unpaired) electrons. The zero-order valence-corrected chi connectivity index (χ0v) is 9.60. The molecule has 0 bridgehead atoms. The van der Waals surface area contributed by atoms with Crippen molar-refractivity contribution in [3.05, 3.63) is 34.9 Å². The van der Waals surface area contributed by atoms with Gasteiger partial charge in [0.25, 0.3) is 0 Å². The molecule has 3 heteroatoms. The Balaban J connectivity index is 2.89. The molecule has 0 aromatic heterocycles. The van der Waals surface area contributed by atoms with E-state index >= 15 is 0 Å². The predicted octanol–water partition coefficient (Wildman–Crippen LogP) is 3.76. The third-order valence-electron chi connectivity index (χ3n) is 1.58. The fourth-order valence-electron chi connectivity index (χ4n) is 0.967. The smallest absolute Gasteiger partial charge is 0.137 e. The molecule has 1 aromatic carbocycles. The van der Waals surface area contributed by atoms with Crippen LogP contribution in [0.4, 0.5) is 0 Å². The minimum absolute atomic E-state index is 0.638. The van der Waals surface area contributed by atoms with Gasteiger partial charge in [-0.05, 0) is 17.7 Å². The molecule has 0 fully saturated rings. The van der Waals surface area contributed by atoms with Crippen LogP contribution in [0.5, 0.6) is 5.75 Å². The van der Waals surface area contributed by atoms with Crippen LogP contribution in [0.15, 0.2) is 24.3 Å². The largest absolute Gasteiger partial charge is 0.495 e. The summed E-state index contributed by atoms with van der Waals surface area (Å²) in [5.41, 5.74) is 1.07. The Morgan fingerprint density at radius 2 is 2.31 bits per heavy atom. The molecule has 13 heavy (non-hydrogen) atoms. The summed E-state index contributed by atoms with van der Waals surface area (Å²) < 4.78 is 5.04. The number of hydrogen-bond donors (Lipinski definition) is 0. The van der Waals surface area contributed by atoms with Crippen molar-refractivity contribution in [3.63, 3.8) is 0 Å². The van der Waals surface area contributed by atoms with Crippen molar-refractivity contribution in [1.29, 1.82) is 0 Å². The minimum Gasteiger partial charge on any atom is -0.495 e. The van der Waals surface area contributed by atoms with E-state index in [4.69, 9.17) is 16.3 Å². The van der Waals surface area contributed by atoms with Gasteiger partial charge in [0.05, 0.1) is 12.1 Å². The quantitative estimate of drug-likeness (QED) is 0.753. The van der Waals surface area contributed by atoms with Crippen LogP contribution in [-0.4, -0.2) is 12.4 Å². The summed E-state index contributed by atoms with van der Waals surface area (Å²) in [6.45, 7) is 0. The Labute approximate surface area is 91.5 Å². The number of allylic oxidation sites excluding steroid dienone is 1. The van der Waals surface area contributed by atoms with Crippen molar-refractivity contribution in [2.24, 2.45) is 0 Å². The Bertz CT molecular complexity index is 310.